The Hall–Kier alpha value is -0.0497. The van der Waals surface area contributed by atoms with Crippen LogP contribution in [0.15, 0.2) is 0 Å². The molecule has 0 amide bonds. The Labute approximate surface area is 89.6 Å². The second-order valence-corrected chi connectivity index (χ2v) is 3.00. The molecule has 0 atom stereocenters. The minimum Gasteiger partial charge on any atom is -0.339 e. The maximum absolute atomic E-state index is 10.5. The van der Waals surface area contributed by atoms with Crippen LogP contribution in [0.4, 0.5) is 0 Å². The van der Waals surface area contributed by atoms with Gasteiger partial charge in [0.15, 0.2) is 0 Å². The van der Waals surface area contributed by atoms with Crippen molar-refractivity contribution in [2.45, 2.75) is 25.7 Å². The largest absolute Gasteiger partial charge is 1.00 e. The quantitative estimate of drug-likeness (QED) is 0.423. The molecular weight excluding hydrogens is 335 g/mol. The van der Waals surface area contributed by atoms with Crippen molar-refractivity contribution >= 4 is 12.0 Å². The first kappa shape index (κ1) is 12.0. The first-order chi connectivity index (χ1) is 5.29. The number of nitrogens with zero attached hydrogens (tertiary/aromatic N) is 1. The van der Waals surface area contributed by atoms with Crippen LogP contribution in [0.1, 0.15) is 25.7 Å². The van der Waals surface area contributed by atoms with E-state index < -0.39 is 0 Å². The van der Waals surface area contributed by atoms with Crippen molar-refractivity contribution in [2.75, 3.05) is 13.1 Å². The van der Waals surface area contributed by atoms with E-state index in [0.717, 1.165) is 13.1 Å². The number of ketones is 1. The van der Waals surface area contributed by atoms with E-state index in [1.54, 1.807) is 0 Å². The molecule has 0 aromatic carbocycles. The molecule has 1 aliphatic heterocycles. The smallest absolute Gasteiger partial charge is 0.339 e. The fourth-order valence-electron chi connectivity index (χ4n) is 1.30. The van der Waals surface area contributed by atoms with Gasteiger partial charge in [-0.3, -0.25) is 0 Å². The summed E-state index contributed by atoms with van der Waals surface area (Å²) in [7, 11) is 0. The molecule has 1 heterocycles. The first-order valence-corrected chi connectivity index (χ1v) is 4.21. The topological polar surface area (TPSA) is 20.1 Å². The van der Waals surface area contributed by atoms with Gasteiger partial charge >= 0.3 is 22.4 Å². The van der Waals surface area contributed by atoms with Gasteiger partial charge in [0.05, 0.1) is 0 Å². The van der Waals surface area contributed by atoms with E-state index in [4.69, 9.17) is 0 Å². The van der Waals surface area contributed by atoms with Crippen LogP contribution >= 0.6 is 0 Å². The van der Waals surface area contributed by atoms with E-state index in [2.05, 4.69) is 17.7 Å². The molecule has 0 fully saturated rings. The number of hydrogen-bond acceptors (Lipinski definition) is 1. The molecular formula is C9H15AuNO+. The summed E-state index contributed by atoms with van der Waals surface area (Å²) in [5.41, 5.74) is 0. The third kappa shape index (κ3) is 4.75. The maximum atomic E-state index is 10.5. The SMILES string of the molecule is [Au+].[CH2-]C(=O)CC[N+]1=CCCCC1. The van der Waals surface area contributed by atoms with Crippen LogP contribution in [0.25, 0.3) is 0 Å². The summed E-state index contributed by atoms with van der Waals surface area (Å²) in [5, 5.41) is 0. The van der Waals surface area contributed by atoms with Crippen molar-refractivity contribution < 1.29 is 31.8 Å². The monoisotopic (exact) mass is 350 g/mol. The summed E-state index contributed by atoms with van der Waals surface area (Å²) >= 11 is 0. The van der Waals surface area contributed by atoms with Gasteiger partial charge < -0.3 is 11.7 Å². The minimum absolute atomic E-state index is 0. The molecule has 0 unspecified atom stereocenters. The second-order valence-electron chi connectivity index (χ2n) is 3.00. The number of Topliss-reactive ketones (excluding diaryl/α,β-unsaturated/α-hetero) is 1. The van der Waals surface area contributed by atoms with Crippen molar-refractivity contribution in [3.63, 3.8) is 0 Å². The Kier molecular flexibility index (Phi) is 6.44. The normalized spacial score (nSPS) is 16.2. The van der Waals surface area contributed by atoms with E-state index in [-0.39, 0.29) is 28.2 Å². The number of hydrogen-bond donors (Lipinski definition) is 0. The van der Waals surface area contributed by atoms with Gasteiger partial charge in [-0.15, -0.1) is 0 Å². The van der Waals surface area contributed by atoms with Crippen LogP contribution in [0, 0.1) is 6.92 Å². The number of carbonyl (C=O) groups excluding carboxylic acids is 1. The van der Waals surface area contributed by atoms with Gasteiger partial charge in [-0.05, 0) is 6.42 Å². The molecule has 72 valence electrons. The predicted molar refractivity (Wildman–Crippen MR) is 44.9 cm³/mol. The number of rotatable bonds is 3. The molecule has 0 aliphatic carbocycles. The van der Waals surface area contributed by atoms with Crippen LogP contribution < -0.4 is 0 Å². The fourth-order valence-corrected chi connectivity index (χ4v) is 1.30. The van der Waals surface area contributed by atoms with Gasteiger partial charge in [-0.25, -0.2) is 4.58 Å². The van der Waals surface area contributed by atoms with Crippen LogP contribution in [0.3, 0.4) is 0 Å². The minimum atomic E-state index is 0. The van der Waals surface area contributed by atoms with Gasteiger partial charge in [0.1, 0.15) is 19.3 Å². The predicted octanol–water partition coefficient (Wildman–Crippen LogP) is 1.04. The Morgan fingerprint density at radius 3 is 2.75 bits per heavy atom. The molecule has 0 N–H and O–H groups in total. The van der Waals surface area contributed by atoms with Crippen LogP contribution in [-0.4, -0.2) is 29.7 Å². The maximum Gasteiger partial charge on any atom is 1.00 e. The molecule has 1 aliphatic rings. The first-order valence-electron chi connectivity index (χ1n) is 4.21. The van der Waals surface area contributed by atoms with Gasteiger partial charge in [-0.1, -0.05) is 0 Å². The number of carbonyl (C=O) groups is 1. The molecule has 12 heavy (non-hydrogen) atoms. The molecule has 0 aromatic rings. The summed E-state index contributed by atoms with van der Waals surface area (Å²) in [4.78, 5) is 10.5. The molecule has 3 heteroatoms. The Morgan fingerprint density at radius 1 is 1.50 bits per heavy atom. The van der Waals surface area contributed by atoms with E-state index in [1.165, 1.54) is 19.3 Å². The van der Waals surface area contributed by atoms with Gasteiger partial charge in [0.2, 0.25) is 0 Å². The van der Waals surface area contributed by atoms with Crippen molar-refractivity contribution in [2.24, 2.45) is 0 Å². The van der Waals surface area contributed by atoms with E-state index in [9.17, 15) is 4.79 Å². The summed E-state index contributed by atoms with van der Waals surface area (Å²) < 4.78 is 2.23. The zero-order valence-corrected chi connectivity index (χ0v) is 9.35. The second kappa shape index (κ2) is 6.46. The molecule has 0 aromatic heterocycles. The summed E-state index contributed by atoms with van der Waals surface area (Å²) in [6.07, 6.45) is 6.53. The molecule has 0 saturated heterocycles. The van der Waals surface area contributed by atoms with E-state index in [0.29, 0.717) is 6.42 Å². The van der Waals surface area contributed by atoms with E-state index in [1.807, 2.05) is 0 Å². The zero-order valence-electron chi connectivity index (χ0n) is 7.18. The molecule has 0 saturated carbocycles. The average Bonchev–Trinajstić information content (AvgIpc) is 2.03. The molecule has 2 nitrogen and oxygen atoms in total. The van der Waals surface area contributed by atoms with Crippen molar-refractivity contribution in [1.29, 1.82) is 0 Å². The average molecular weight is 350 g/mol. The molecule has 0 radical (unpaired) electrons. The third-order valence-corrected chi connectivity index (χ3v) is 1.96. The summed E-state index contributed by atoms with van der Waals surface area (Å²) in [6, 6.07) is 0. The third-order valence-electron chi connectivity index (χ3n) is 1.96. The van der Waals surface area contributed by atoms with Crippen LogP contribution in [0.5, 0.6) is 0 Å². The van der Waals surface area contributed by atoms with Gasteiger partial charge in [0, 0.05) is 25.0 Å². The zero-order chi connectivity index (χ0) is 8.10. The van der Waals surface area contributed by atoms with Crippen molar-refractivity contribution in [3.05, 3.63) is 6.92 Å². The van der Waals surface area contributed by atoms with Crippen molar-refractivity contribution in [1.82, 2.24) is 0 Å². The van der Waals surface area contributed by atoms with Gasteiger partial charge in [0.25, 0.3) is 0 Å². The Morgan fingerprint density at radius 2 is 2.25 bits per heavy atom. The summed E-state index contributed by atoms with van der Waals surface area (Å²) in [6.45, 7) is 5.33. The Bertz CT molecular complexity index is 177. The summed E-state index contributed by atoms with van der Waals surface area (Å²) in [5.74, 6) is 0.0453. The van der Waals surface area contributed by atoms with Gasteiger partial charge in [-0.2, -0.15) is 0 Å². The molecule has 1 rings (SSSR count). The van der Waals surface area contributed by atoms with E-state index >= 15 is 0 Å². The standard InChI is InChI=1S/C9H15NO.Au/c1-9(11)5-8-10-6-3-2-4-7-10;/h6H,1-5,7-8H2;/q;+1. The fraction of sp³-hybridized carbons (Fsp3) is 0.667. The van der Waals surface area contributed by atoms with Crippen LogP contribution in [0.2, 0.25) is 0 Å². The van der Waals surface area contributed by atoms with Crippen molar-refractivity contribution in [3.8, 4) is 0 Å². The molecule has 0 bridgehead atoms. The molecule has 0 spiro atoms. The van der Waals surface area contributed by atoms with Crippen LogP contribution in [-0.2, 0) is 27.2 Å². The Balaban J connectivity index is 0.00000121.